The Morgan fingerprint density at radius 1 is 1.67 bits per heavy atom. The third kappa shape index (κ3) is 0.953. The molecule has 1 heterocycles. The first-order valence-electron chi connectivity index (χ1n) is 4.11. The van der Waals surface area contributed by atoms with Gasteiger partial charge in [0.2, 0.25) is 0 Å². The fraction of sp³-hybridized carbons (Fsp3) is 0.556. The van der Waals surface area contributed by atoms with Crippen LogP contribution >= 0.6 is 11.3 Å². The zero-order valence-electron chi connectivity index (χ0n) is 7.00. The maximum Gasteiger partial charge on any atom is 0.100 e. The van der Waals surface area contributed by atoms with Gasteiger partial charge < -0.3 is 0 Å². The van der Waals surface area contributed by atoms with E-state index in [0.717, 1.165) is 23.5 Å². The highest BCUT2D eigenvalue weighted by molar-refractivity contribution is 7.09. The second-order valence-corrected chi connectivity index (χ2v) is 4.36. The normalized spacial score (nSPS) is 19.7. The Kier molecular flexibility index (Phi) is 1.66. The molecule has 1 aromatic rings. The number of nitrogens with zero attached hydrogens (tertiary/aromatic N) is 2. The molecule has 0 aromatic carbocycles. The van der Waals surface area contributed by atoms with Crippen molar-refractivity contribution in [2.75, 3.05) is 0 Å². The standard InChI is InChI=1S/C9H10N2S/c1-7-11-8(5-12-7)9(6-10)3-2-4-9/h5H,2-4H2,1H3. The van der Waals surface area contributed by atoms with Crippen molar-refractivity contribution in [1.82, 2.24) is 4.98 Å². The van der Waals surface area contributed by atoms with Gasteiger partial charge in [-0.1, -0.05) is 0 Å². The maximum absolute atomic E-state index is 9.01. The minimum atomic E-state index is -0.217. The van der Waals surface area contributed by atoms with Crippen LogP contribution in [0, 0.1) is 18.3 Å². The molecule has 0 N–H and O–H groups in total. The molecule has 1 saturated carbocycles. The van der Waals surface area contributed by atoms with E-state index in [1.165, 1.54) is 6.42 Å². The van der Waals surface area contributed by atoms with E-state index in [4.69, 9.17) is 5.26 Å². The molecule has 1 aliphatic rings. The highest BCUT2D eigenvalue weighted by Crippen LogP contribution is 2.43. The Labute approximate surface area is 75.9 Å². The summed E-state index contributed by atoms with van der Waals surface area (Å²) >= 11 is 1.63. The Balaban J connectivity index is 2.35. The zero-order valence-corrected chi connectivity index (χ0v) is 7.82. The van der Waals surface area contributed by atoms with Gasteiger partial charge in [0.25, 0.3) is 0 Å². The third-order valence-corrected chi connectivity index (χ3v) is 3.30. The topological polar surface area (TPSA) is 36.7 Å². The SMILES string of the molecule is Cc1nc(C2(C#N)CCC2)cs1. The quantitative estimate of drug-likeness (QED) is 0.662. The van der Waals surface area contributed by atoms with Gasteiger partial charge in [0.15, 0.2) is 0 Å². The van der Waals surface area contributed by atoms with E-state index in [1.807, 2.05) is 12.3 Å². The first-order valence-corrected chi connectivity index (χ1v) is 4.99. The van der Waals surface area contributed by atoms with Gasteiger partial charge in [-0.2, -0.15) is 5.26 Å². The van der Waals surface area contributed by atoms with Gasteiger partial charge in [0, 0.05) is 5.38 Å². The Bertz CT molecular complexity index is 331. The van der Waals surface area contributed by atoms with Gasteiger partial charge in [0.1, 0.15) is 5.41 Å². The van der Waals surface area contributed by atoms with E-state index in [-0.39, 0.29) is 5.41 Å². The molecule has 0 radical (unpaired) electrons. The van der Waals surface area contributed by atoms with E-state index in [1.54, 1.807) is 11.3 Å². The molecule has 0 spiro atoms. The molecule has 0 saturated heterocycles. The lowest BCUT2D eigenvalue weighted by Crippen LogP contribution is -2.32. The van der Waals surface area contributed by atoms with Crippen LogP contribution < -0.4 is 0 Å². The lowest BCUT2D eigenvalue weighted by atomic mass is 9.68. The largest absolute Gasteiger partial charge is 0.245 e. The van der Waals surface area contributed by atoms with Crippen molar-refractivity contribution < 1.29 is 0 Å². The first-order chi connectivity index (χ1) is 5.77. The summed E-state index contributed by atoms with van der Waals surface area (Å²) in [5.41, 5.74) is 0.781. The Morgan fingerprint density at radius 2 is 2.42 bits per heavy atom. The minimum Gasteiger partial charge on any atom is -0.245 e. The van der Waals surface area contributed by atoms with Gasteiger partial charge >= 0.3 is 0 Å². The second-order valence-electron chi connectivity index (χ2n) is 3.30. The van der Waals surface area contributed by atoms with Crippen LogP contribution in [-0.2, 0) is 5.41 Å². The van der Waals surface area contributed by atoms with Crippen molar-refractivity contribution in [3.8, 4) is 6.07 Å². The van der Waals surface area contributed by atoms with E-state index in [2.05, 4.69) is 11.1 Å². The summed E-state index contributed by atoms with van der Waals surface area (Å²) in [5.74, 6) is 0. The number of hydrogen-bond donors (Lipinski definition) is 0. The molecule has 0 atom stereocenters. The maximum atomic E-state index is 9.01. The molecule has 3 heteroatoms. The predicted octanol–water partition coefficient (Wildman–Crippen LogP) is 2.40. The summed E-state index contributed by atoms with van der Waals surface area (Å²) in [6.07, 6.45) is 3.16. The molecule has 12 heavy (non-hydrogen) atoms. The van der Waals surface area contributed by atoms with Crippen LogP contribution in [0.25, 0.3) is 0 Å². The number of aryl methyl sites for hydroxylation is 1. The zero-order chi connectivity index (χ0) is 8.60. The van der Waals surface area contributed by atoms with Crippen LogP contribution in [0.3, 0.4) is 0 Å². The number of nitriles is 1. The van der Waals surface area contributed by atoms with Crippen molar-refractivity contribution in [2.45, 2.75) is 31.6 Å². The first kappa shape index (κ1) is 7.75. The number of aromatic nitrogens is 1. The van der Waals surface area contributed by atoms with Crippen LogP contribution in [-0.4, -0.2) is 4.98 Å². The van der Waals surface area contributed by atoms with Gasteiger partial charge in [-0.05, 0) is 26.2 Å². The highest BCUT2D eigenvalue weighted by atomic mass is 32.1. The average molecular weight is 178 g/mol. The summed E-state index contributed by atoms with van der Waals surface area (Å²) in [6.45, 7) is 1.98. The van der Waals surface area contributed by atoms with Crippen LogP contribution in [0.5, 0.6) is 0 Å². The Morgan fingerprint density at radius 3 is 2.75 bits per heavy atom. The third-order valence-electron chi connectivity index (χ3n) is 2.53. The molecule has 0 amide bonds. The van der Waals surface area contributed by atoms with Crippen molar-refractivity contribution in [3.05, 3.63) is 16.1 Å². The number of rotatable bonds is 1. The lowest BCUT2D eigenvalue weighted by Gasteiger charge is -2.33. The minimum absolute atomic E-state index is 0.217. The van der Waals surface area contributed by atoms with Crippen molar-refractivity contribution in [1.29, 1.82) is 5.26 Å². The molecule has 1 aromatic heterocycles. The van der Waals surface area contributed by atoms with E-state index >= 15 is 0 Å². The monoisotopic (exact) mass is 178 g/mol. The smallest absolute Gasteiger partial charge is 0.100 e. The second kappa shape index (κ2) is 2.56. The fourth-order valence-corrected chi connectivity index (χ4v) is 2.25. The van der Waals surface area contributed by atoms with Crippen molar-refractivity contribution in [3.63, 3.8) is 0 Å². The van der Waals surface area contributed by atoms with Crippen LogP contribution in [0.4, 0.5) is 0 Å². The summed E-state index contributed by atoms with van der Waals surface area (Å²) in [4.78, 5) is 4.37. The lowest BCUT2D eigenvalue weighted by molar-refractivity contribution is 0.317. The van der Waals surface area contributed by atoms with E-state index in [9.17, 15) is 0 Å². The number of thiazole rings is 1. The molecule has 0 bridgehead atoms. The van der Waals surface area contributed by atoms with Crippen molar-refractivity contribution in [2.24, 2.45) is 0 Å². The van der Waals surface area contributed by atoms with Crippen LogP contribution in [0.2, 0.25) is 0 Å². The van der Waals surface area contributed by atoms with Gasteiger partial charge in [0.05, 0.1) is 16.8 Å². The molecule has 2 rings (SSSR count). The summed E-state index contributed by atoms with van der Waals surface area (Å²) < 4.78 is 0. The summed E-state index contributed by atoms with van der Waals surface area (Å²) in [6, 6.07) is 2.39. The summed E-state index contributed by atoms with van der Waals surface area (Å²) in [5, 5.41) is 12.1. The molecule has 1 fully saturated rings. The van der Waals surface area contributed by atoms with Crippen molar-refractivity contribution >= 4 is 11.3 Å². The molecule has 2 nitrogen and oxygen atoms in total. The number of hydrogen-bond acceptors (Lipinski definition) is 3. The molecule has 62 valence electrons. The van der Waals surface area contributed by atoms with Gasteiger partial charge in [-0.15, -0.1) is 11.3 Å². The van der Waals surface area contributed by atoms with Crippen LogP contribution in [0.15, 0.2) is 5.38 Å². The average Bonchev–Trinajstić information content (AvgIpc) is 2.35. The Hall–Kier alpha value is -0.880. The molecule has 1 aliphatic carbocycles. The highest BCUT2D eigenvalue weighted by Gasteiger charge is 2.40. The van der Waals surface area contributed by atoms with E-state index in [0.29, 0.717) is 0 Å². The molecular formula is C9H10N2S. The predicted molar refractivity (Wildman–Crippen MR) is 48.0 cm³/mol. The fourth-order valence-electron chi connectivity index (χ4n) is 1.54. The summed E-state index contributed by atoms with van der Waals surface area (Å²) in [7, 11) is 0. The molecule has 0 aliphatic heterocycles. The van der Waals surface area contributed by atoms with Gasteiger partial charge in [-0.25, -0.2) is 4.98 Å². The van der Waals surface area contributed by atoms with Crippen LogP contribution in [0.1, 0.15) is 30.0 Å². The molecule has 0 unspecified atom stereocenters. The van der Waals surface area contributed by atoms with E-state index < -0.39 is 0 Å². The molecular weight excluding hydrogens is 168 g/mol. The van der Waals surface area contributed by atoms with Gasteiger partial charge in [-0.3, -0.25) is 0 Å².